The Balaban J connectivity index is 0.00000112. The van der Waals surface area contributed by atoms with Gasteiger partial charge in [-0.25, -0.2) is 4.79 Å². The second kappa shape index (κ2) is 4.75. The van der Waals surface area contributed by atoms with Crippen molar-refractivity contribution in [2.75, 3.05) is 11.4 Å². The van der Waals surface area contributed by atoms with Crippen molar-refractivity contribution >= 4 is 30.0 Å². The number of nitrogens with one attached hydrogen (secondary N) is 1. The molecule has 2 heterocycles. The topological polar surface area (TPSA) is 62.3 Å². The van der Waals surface area contributed by atoms with Crippen LogP contribution in [0.3, 0.4) is 0 Å². The van der Waals surface area contributed by atoms with Crippen LogP contribution in [-0.4, -0.2) is 23.5 Å². The number of pyridine rings is 1. The van der Waals surface area contributed by atoms with Crippen LogP contribution in [-0.2, 0) is 4.79 Å². The van der Waals surface area contributed by atoms with Gasteiger partial charge in [0.15, 0.2) is 0 Å². The number of hydrogen-bond donors (Lipinski definition) is 1. The van der Waals surface area contributed by atoms with Crippen molar-refractivity contribution in [3.8, 4) is 0 Å². The van der Waals surface area contributed by atoms with Crippen LogP contribution in [0.4, 0.5) is 10.5 Å². The first kappa shape index (κ1) is 11.5. The number of halogens is 1. The van der Waals surface area contributed by atoms with Crippen molar-refractivity contribution in [1.82, 2.24) is 10.3 Å². The molecule has 80 valence electrons. The predicted molar refractivity (Wildman–Crippen MR) is 57.0 cm³/mol. The highest BCUT2D eigenvalue weighted by Crippen LogP contribution is 2.14. The summed E-state index contributed by atoms with van der Waals surface area (Å²) in [7, 11) is 0. The van der Waals surface area contributed by atoms with E-state index in [4.69, 9.17) is 0 Å². The molecule has 0 aliphatic carbocycles. The van der Waals surface area contributed by atoms with Gasteiger partial charge in [0.25, 0.3) is 0 Å². The highest BCUT2D eigenvalue weighted by molar-refractivity contribution is 6.05. The summed E-state index contributed by atoms with van der Waals surface area (Å²) in [5.41, 5.74) is 0.706. The van der Waals surface area contributed by atoms with Crippen LogP contribution in [0.15, 0.2) is 24.5 Å². The van der Waals surface area contributed by atoms with Gasteiger partial charge >= 0.3 is 6.03 Å². The average molecular weight is 228 g/mol. The first-order chi connectivity index (χ1) is 6.77. The largest absolute Gasteiger partial charge is 0.328 e. The number of carbonyl (C=O) groups excluding carboxylic acids is 2. The molecule has 1 saturated heterocycles. The van der Waals surface area contributed by atoms with Crippen molar-refractivity contribution in [3.63, 3.8) is 0 Å². The molecule has 1 fully saturated rings. The van der Waals surface area contributed by atoms with Gasteiger partial charge in [0, 0.05) is 19.2 Å². The second-order valence-electron chi connectivity index (χ2n) is 2.97. The maximum absolute atomic E-state index is 11.4. The van der Waals surface area contributed by atoms with Crippen LogP contribution in [0.25, 0.3) is 0 Å². The third-order valence-corrected chi connectivity index (χ3v) is 2.01. The Morgan fingerprint density at radius 1 is 1.40 bits per heavy atom. The number of anilines is 1. The van der Waals surface area contributed by atoms with Crippen LogP contribution in [0, 0.1) is 0 Å². The van der Waals surface area contributed by atoms with E-state index in [9.17, 15) is 9.59 Å². The first-order valence-corrected chi connectivity index (χ1v) is 4.29. The fraction of sp³-hybridized carbons (Fsp3) is 0.222. The minimum absolute atomic E-state index is 0. The molecule has 1 aliphatic rings. The molecule has 1 N–H and O–H groups in total. The molecule has 0 aromatic carbocycles. The van der Waals surface area contributed by atoms with Crippen LogP contribution in [0.5, 0.6) is 0 Å². The zero-order valence-electron chi connectivity index (χ0n) is 7.84. The minimum atomic E-state index is -0.380. The Labute approximate surface area is 92.9 Å². The van der Waals surface area contributed by atoms with Gasteiger partial charge in [-0.1, -0.05) is 0 Å². The number of carbonyl (C=O) groups is 2. The number of aromatic nitrogens is 1. The minimum Gasteiger partial charge on any atom is -0.292 e. The van der Waals surface area contributed by atoms with Gasteiger partial charge in [-0.3, -0.25) is 20.0 Å². The number of rotatable bonds is 1. The van der Waals surface area contributed by atoms with E-state index in [1.54, 1.807) is 24.5 Å². The molecule has 1 aliphatic heterocycles. The van der Waals surface area contributed by atoms with E-state index in [2.05, 4.69) is 10.3 Å². The summed E-state index contributed by atoms with van der Waals surface area (Å²) in [6.07, 6.45) is 3.56. The quantitative estimate of drug-likeness (QED) is 0.777. The van der Waals surface area contributed by atoms with Gasteiger partial charge in [-0.05, 0) is 12.1 Å². The van der Waals surface area contributed by atoms with Crippen molar-refractivity contribution in [1.29, 1.82) is 0 Å². The van der Waals surface area contributed by atoms with E-state index in [0.717, 1.165) is 0 Å². The number of nitrogens with zero attached hydrogens (tertiary/aromatic N) is 2. The fourth-order valence-corrected chi connectivity index (χ4v) is 1.32. The standard InChI is InChI=1S/C9H9N3O2.ClH/c13-8-3-5-12(9(14)11-8)7-2-1-4-10-6-7;/h1-2,4,6H,3,5H2,(H,11,13,14);1H. The van der Waals surface area contributed by atoms with E-state index < -0.39 is 0 Å². The molecule has 0 bridgehead atoms. The molecule has 15 heavy (non-hydrogen) atoms. The van der Waals surface area contributed by atoms with Gasteiger partial charge in [0.05, 0.1) is 11.9 Å². The summed E-state index contributed by atoms with van der Waals surface area (Å²) in [4.78, 5) is 27.6. The lowest BCUT2D eigenvalue weighted by Crippen LogP contribution is -2.49. The molecule has 0 atom stereocenters. The Hall–Kier alpha value is -1.62. The molecular formula is C9H10ClN3O2. The first-order valence-electron chi connectivity index (χ1n) is 4.29. The zero-order valence-corrected chi connectivity index (χ0v) is 8.66. The number of hydrogen-bond acceptors (Lipinski definition) is 3. The van der Waals surface area contributed by atoms with Crippen molar-refractivity contribution in [2.24, 2.45) is 0 Å². The predicted octanol–water partition coefficient (Wildman–Crippen LogP) is 0.950. The normalized spacial score (nSPS) is 15.6. The zero-order chi connectivity index (χ0) is 9.97. The molecule has 6 heteroatoms. The van der Waals surface area contributed by atoms with Gasteiger partial charge in [-0.2, -0.15) is 0 Å². The monoisotopic (exact) mass is 227 g/mol. The Bertz CT molecular complexity index is 369. The summed E-state index contributed by atoms with van der Waals surface area (Å²) < 4.78 is 0. The van der Waals surface area contributed by atoms with Crippen molar-refractivity contribution in [3.05, 3.63) is 24.5 Å². The van der Waals surface area contributed by atoms with Gasteiger partial charge in [0.1, 0.15) is 0 Å². The van der Waals surface area contributed by atoms with Crippen molar-refractivity contribution < 1.29 is 9.59 Å². The molecule has 2 rings (SSSR count). The highest BCUT2D eigenvalue weighted by Gasteiger charge is 2.23. The fourth-order valence-electron chi connectivity index (χ4n) is 1.32. The smallest absolute Gasteiger partial charge is 0.292 e. The van der Waals surface area contributed by atoms with E-state index in [1.807, 2.05) is 0 Å². The van der Waals surface area contributed by atoms with Crippen LogP contribution in [0.2, 0.25) is 0 Å². The maximum atomic E-state index is 11.4. The molecule has 5 nitrogen and oxygen atoms in total. The molecular weight excluding hydrogens is 218 g/mol. The number of imide groups is 1. The average Bonchev–Trinajstić information content (AvgIpc) is 2.19. The summed E-state index contributed by atoms with van der Waals surface area (Å²) >= 11 is 0. The van der Waals surface area contributed by atoms with E-state index >= 15 is 0 Å². The molecule has 0 unspecified atom stereocenters. The second-order valence-corrected chi connectivity index (χ2v) is 2.97. The van der Waals surface area contributed by atoms with Crippen LogP contribution >= 0.6 is 12.4 Å². The lowest BCUT2D eigenvalue weighted by atomic mass is 10.3. The van der Waals surface area contributed by atoms with Crippen LogP contribution < -0.4 is 10.2 Å². The molecule has 0 saturated carbocycles. The molecule has 1 aromatic heterocycles. The Morgan fingerprint density at radius 3 is 2.80 bits per heavy atom. The Kier molecular flexibility index (Phi) is 3.62. The van der Waals surface area contributed by atoms with E-state index in [-0.39, 0.29) is 24.3 Å². The molecule has 0 spiro atoms. The van der Waals surface area contributed by atoms with E-state index in [0.29, 0.717) is 18.7 Å². The molecule has 1 aromatic rings. The van der Waals surface area contributed by atoms with Gasteiger partial charge in [0.2, 0.25) is 5.91 Å². The SMILES string of the molecule is Cl.O=C1CCN(c2cccnc2)C(=O)N1. The van der Waals surface area contributed by atoms with Gasteiger partial charge in [-0.15, -0.1) is 12.4 Å². The van der Waals surface area contributed by atoms with Crippen LogP contribution in [0.1, 0.15) is 6.42 Å². The van der Waals surface area contributed by atoms with Gasteiger partial charge < -0.3 is 0 Å². The summed E-state index contributed by atoms with van der Waals surface area (Å²) in [5, 5.41) is 2.25. The third-order valence-electron chi connectivity index (χ3n) is 2.01. The third kappa shape index (κ3) is 2.44. The van der Waals surface area contributed by atoms with E-state index in [1.165, 1.54) is 4.90 Å². The highest BCUT2D eigenvalue weighted by atomic mass is 35.5. The Morgan fingerprint density at radius 2 is 2.20 bits per heavy atom. The summed E-state index contributed by atoms with van der Waals surface area (Å²) in [6.45, 7) is 0.413. The molecule has 0 radical (unpaired) electrons. The lowest BCUT2D eigenvalue weighted by Gasteiger charge is -2.25. The number of amides is 3. The lowest BCUT2D eigenvalue weighted by molar-refractivity contribution is -0.120. The number of urea groups is 1. The van der Waals surface area contributed by atoms with Crippen molar-refractivity contribution in [2.45, 2.75) is 6.42 Å². The maximum Gasteiger partial charge on any atom is 0.328 e. The summed E-state index contributed by atoms with van der Waals surface area (Å²) in [5.74, 6) is -0.227. The summed E-state index contributed by atoms with van der Waals surface area (Å²) in [6, 6.07) is 3.15. The molecule has 3 amide bonds.